The third kappa shape index (κ3) is 2.15. The predicted molar refractivity (Wildman–Crippen MR) is 89.8 cm³/mol. The first-order chi connectivity index (χ1) is 11.3. The molecule has 0 saturated carbocycles. The van der Waals surface area contributed by atoms with Crippen LogP contribution in [0.3, 0.4) is 0 Å². The molecule has 0 aliphatic heterocycles. The highest BCUT2D eigenvalue weighted by Gasteiger charge is 2.14. The standard InChI is InChI=1S/C18H14N4O/c19-21-18(23)13-10-16-17(12-6-2-1-3-7-12)20-14-8-4-5-9-15(14)22(16)11-13/h1-11H,19H2,(H,21,23). The van der Waals surface area contributed by atoms with Gasteiger partial charge in [0, 0.05) is 11.8 Å². The Morgan fingerprint density at radius 3 is 2.52 bits per heavy atom. The van der Waals surface area contributed by atoms with Crippen molar-refractivity contribution in [1.82, 2.24) is 14.8 Å². The lowest BCUT2D eigenvalue weighted by atomic mass is 10.1. The summed E-state index contributed by atoms with van der Waals surface area (Å²) in [7, 11) is 0. The Bertz CT molecular complexity index is 1020. The van der Waals surface area contributed by atoms with Crippen molar-refractivity contribution in [2.75, 3.05) is 0 Å². The summed E-state index contributed by atoms with van der Waals surface area (Å²) in [5.74, 6) is 4.94. The molecule has 2 aromatic heterocycles. The topological polar surface area (TPSA) is 72.4 Å². The second kappa shape index (κ2) is 5.23. The molecule has 0 bridgehead atoms. The molecule has 2 heterocycles. The van der Waals surface area contributed by atoms with Gasteiger partial charge in [-0.25, -0.2) is 10.8 Å². The number of para-hydroxylation sites is 2. The van der Waals surface area contributed by atoms with Crippen LogP contribution in [0, 0.1) is 0 Å². The minimum atomic E-state index is -0.322. The predicted octanol–water partition coefficient (Wildman–Crippen LogP) is 2.76. The van der Waals surface area contributed by atoms with Crippen LogP contribution in [0.25, 0.3) is 27.8 Å². The summed E-state index contributed by atoms with van der Waals surface area (Å²) in [5, 5.41) is 0. The SMILES string of the molecule is NNC(=O)c1cc2c(-c3ccccc3)nc3ccccc3n2c1. The summed E-state index contributed by atoms with van der Waals surface area (Å²) >= 11 is 0. The molecular weight excluding hydrogens is 288 g/mol. The van der Waals surface area contributed by atoms with Crippen molar-refractivity contribution in [3.63, 3.8) is 0 Å². The molecule has 2 aromatic carbocycles. The van der Waals surface area contributed by atoms with Gasteiger partial charge < -0.3 is 4.40 Å². The monoisotopic (exact) mass is 302 g/mol. The van der Waals surface area contributed by atoms with Gasteiger partial charge in [-0.1, -0.05) is 42.5 Å². The van der Waals surface area contributed by atoms with Crippen LogP contribution >= 0.6 is 0 Å². The van der Waals surface area contributed by atoms with Crippen LogP contribution in [-0.4, -0.2) is 15.3 Å². The molecule has 4 aromatic rings. The molecule has 0 unspecified atom stereocenters. The van der Waals surface area contributed by atoms with E-state index < -0.39 is 0 Å². The zero-order valence-corrected chi connectivity index (χ0v) is 12.2. The lowest BCUT2D eigenvalue weighted by molar-refractivity contribution is 0.0954. The van der Waals surface area contributed by atoms with Crippen molar-refractivity contribution in [2.45, 2.75) is 0 Å². The summed E-state index contributed by atoms with van der Waals surface area (Å²) in [4.78, 5) is 16.7. The van der Waals surface area contributed by atoms with E-state index in [9.17, 15) is 4.79 Å². The van der Waals surface area contributed by atoms with E-state index in [4.69, 9.17) is 10.8 Å². The van der Waals surface area contributed by atoms with Crippen LogP contribution in [0.1, 0.15) is 10.4 Å². The number of nitrogens with one attached hydrogen (secondary N) is 1. The highest BCUT2D eigenvalue weighted by atomic mass is 16.2. The van der Waals surface area contributed by atoms with E-state index in [0.717, 1.165) is 27.8 Å². The van der Waals surface area contributed by atoms with Crippen LogP contribution < -0.4 is 11.3 Å². The van der Waals surface area contributed by atoms with E-state index in [2.05, 4.69) is 5.43 Å². The molecule has 0 saturated heterocycles. The molecule has 5 heteroatoms. The molecule has 23 heavy (non-hydrogen) atoms. The number of hydrogen-bond donors (Lipinski definition) is 2. The van der Waals surface area contributed by atoms with E-state index in [1.165, 1.54) is 0 Å². The lowest BCUT2D eigenvalue weighted by Gasteiger charge is -2.08. The van der Waals surface area contributed by atoms with E-state index in [0.29, 0.717) is 5.56 Å². The molecule has 0 aliphatic rings. The third-order valence-electron chi connectivity index (χ3n) is 3.88. The Morgan fingerprint density at radius 2 is 1.74 bits per heavy atom. The Hall–Kier alpha value is -3.18. The molecule has 0 radical (unpaired) electrons. The maximum Gasteiger partial charge on any atom is 0.266 e. The van der Waals surface area contributed by atoms with Gasteiger partial charge in [0.05, 0.1) is 27.8 Å². The van der Waals surface area contributed by atoms with Crippen molar-refractivity contribution in [2.24, 2.45) is 5.84 Å². The fourth-order valence-corrected chi connectivity index (χ4v) is 2.80. The number of nitrogens with two attached hydrogens (primary N) is 1. The fourth-order valence-electron chi connectivity index (χ4n) is 2.80. The quantitative estimate of drug-likeness (QED) is 0.340. The summed E-state index contributed by atoms with van der Waals surface area (Å²) in [5.41, 5.74) is 7.20. The zero-order chi connectivity index (χ0) is 15.8. The first kappa shape index (κ1) is 13.5. The van der Waals surface area contributed by atoms with Gasteiger partial charge in [-0.3, -0.25) is 10.2 Å². The summed E-state index contributed by atoms with van der Waals surface area (Å²) in [6.07, 6.45) is 1.79. The number of amides is 1. The number of carbonyl (C=O) groups is 1. The molecule has 0 atom stereocenters. The number of rotatable bonds is 2. The van der Waals surface area contributed by atoms with Gasteiger partial charge in [-0.15, -0.1) is 0 Å². The molecular formula is C18H14N4O. The van der Waals surface area contributed by atoms with Gasteiger partial charge in [0.25, 0.3) is 5.91 Å². The first-order valence-corrected chi connectivity index (χ1v) is 7.25. The van der Waals surface area contributed by atoms with Gasteiger partial charge in [-0.05, 0) is 18.2 Å². The maximum atomic E-state index is 11.9. The normalized spacial score (nSPS) is 11.0. The van der Waals surface area contributed by atoms with E-state index in [1.54, 1.807) is 6.20 Å². The molecule has 3 N–H and O–H groups in total. The van der Waals surface area contributed by atoms with Crippen molar-refractivity contribution in [3.8, 4) is 11.3 Å². The highest BCUT2D eigenvalue weighted by Crippen LogP contribution is 2.28. The number of hydrazine groups is 1. The van der Waals surface area contributed by atoms with Gasteiger partial charge in [0.15, 0.2) is 0 Å². The van der Waals surface area contributed by atoms with Gasteiger partial charge in [0.1, 0.15) is 0 Å². The Labute approximate surface area is 132 Å². The molecule has 1 amide bonds. The summed E-state index contributed by atoms with van der Waals surface area (Å²) in [6, 6.07) is 19.6. The van der Waals surface area contributed by atoms with Gasteiger partial charge >= 0.3 is 0 Å². The highest BCUT2D eigenvalue weighted by molar-refractivity contribution is 5.98. The molecule has 0 fully saturated rings. The number of benzene rings is 2. The van der Waals surface area contributed by atoms with Crippen molar-refractivity contribution >= 4 is 22.5 Å². The van der Waals surface area contributed by atoms with Crippen LogP contribution in [0.2, 0.25) is 0 Å². The minimum absolute atomic E-state index is 0.322. The molecule has 5 nitrogen and oxygen atoms in total. The first-order valence-electron chi connectivity index (χ1n) is 7.25. The molecule has 0 aliphatic carbocycles. The smallest absolute Gasteiger partial charge is 0.266 e. The van der Waals surface area contributed by atoms with Crippen molar-refractivity contribution in [1.29, 1.82) is 0 Å². The number of carbonyl (C=O) groups excluding carboxylic acids is 1. The number of nitrogen functional groups attached to an aromatic ring is 1. The van der Waals surface area contributed by atoms with Crippen molar-refractivity contribution < 1.29 is 4.79 Å². The summed E-state index contributed by atoms with van der Waals surface area (Å²) < 4.78 is 1.98. The van der Waals surface area contributed by atoms with Crippen LogP contribution in [-0.2, 0) is 0 Å². The Kier molecular flexibility index (Phi) is 3.06. The van der Waals surface area contributed by atoms with E-state index in [-0.39, 0.29) is 5.91 Å². The number of hydrogen-bond acceptors (Lipinski definition) is 3. The van der Waals surface area contributed by atoms with Gasteiger partial charge in [-0.2, -0.15) is 0 Å². The number of aromatic nitrogens is 2. The minimum Gasteiger partial charge on any atom is -0.312 e. The maximum absolute atomic E-state index is 11.9. The van der Waals surface area contributed by atoms with Crippen LogP contribution in [0.15, 0.2) is 66.9 Å². The number of nitrogens with zero attached hydrogens (tertiary/aromatic N) is 2. The van der Waals surface area contributed by atoms with Crippen LogP contribution in [0.4, 0.5) is 0 Å². The largest absolute Gasteiger partial charge is 0.312 e. The van der Waals surface area contributed by atoms with Gasteiger partial charge in [0.2, 0.25) is 0 Å². The van der Waals surface area contributed by atoms with E-state index in [1.807, 2.05) is 65.1 Å². The summed E-state index contributed by atoms with van der Waals surface area (Å²) in [6.45, 7) is 0. The lowest BCUT2D eigenvalue weighted by Crippen LogP contribution is -2.29. The van der Waals surface area contributed by atoms with Crippen molar-refractivity contribution in [3.05, 3.63) is 72.4 Å². The second-order valence-corrected chi connectivity index (χ2v) is 5.27. The van der Waals surface area contributed by atoms with Crippen LogP contribution in [0.5, 0.6) is 0 Å². The third-order valence-corrected chi connectivity index (χ3v) is 3.88. The number of fused-ring (bicyclic) bond motifs is 3. The zero-order valence-electron chi connectivity index (χ0n) is 12.2. The average Bonchev–Trinajstić information content (AvgIpc) is 3.06. The second-order valence-electron chi connectivity index (χ2n) is 5.27. The Morgan fingerprint density at radius 1 is 1.00 bits per heavy atom. The Balaban J connectivity index is 2.11. The molecule has 0 spiro atoms. The molecule has 112 valence electrons. The molecule has 4 rings (SSSR count). The fraction of sp³-hybridized carbons (Fsp3) is 0. The van der Waals surface area contributed by atoms with E-state index >= 15 is 0 Å². The average molecular weight is 302 g/mol.